The van der Waals surface area contributed by atoms with Gasteiger partial charge in [0.25, 0.3) is 0 Å². The van der Waals surface area contributed by atoms with Gasteiger partial charge in [-0.05, 0) is 56.2 Å². The van der Waals surface area contributed by atoms with Crippen molar-refractivity contribution in [1.82, 2.24) is 9.88 Å². The van der Waals surface area contributed by atoms with Gasteiger partial charge in [-0.15, -0.1) is 0 Å². The van der Waals surface area contributed by atoms with Crippen LogP contribution in [0.4, 0.5) is 0 Å². The Morgan fingerprint density at radius 1 is 1.04 bits per heavy atom. The van der Waals surface area contributed by atoms with Gasteiger partial charge in [-0.25, -0.2) is 4.98 Å². The predicted molar refractivity (Wildman–Crippen MR) is 110 cm³/mol. The van der Waals surface area contributed by atoms with Gasteiger partial charge in [-0.2, -0.15) is 0 Å². The van der Waals surface area contributed by atoms with E-state index in [2.05, 4.69) is 42.2 Å². The minimum absolute atomic E-state index is 0.311. The molecule has 1 aromatic carbocycles. The molecule has 2 fully saturated rings. The summed E-state index contributed by atoms with van der Waals surface area (Å²) in [4.78, 5) is 7.31. The van der Waals surface area contributed by atoms with Crippen molar-refractivity contribution in [3.8, 4) is 0 Å². The fourth-order valence-corrected chi connectivity index (χ4v) is 5.06. The molecule has 4 rings (SSSR count). The molecule has 1 aliphatic carbocycles. The zero-order valence-corrected chi connectivity index (χ0v) is 16.8. The number of oxazole rings is 1. The molecule has 27 heavy (non-hydrogen) atoms. The van der Waals surface area contributed by atoms with Gasteiger partial charge in [0.05, 0.1) is 18.7 Å². The second kappa shape index (κ2) is 9.05. The van der Waals surface area contributed by atoms with Gasteiger partial charge in [0.15, 0.2) is 0 Å². The molecule has 0 N–H and O–H groups in total. The van der Waals surface area contributed by atoms with E-state index in [1.54, 1.807) is 0 Å². The van der Waals surface area contributed by atoms with Crippen LogP contribution in [-0.2, 0) is 6.54 Å². The Morgan fingerprint density at radius 3 is 2.48 bits per heavy atom. The Bertz CT molecular complexity index is 681. The molecule has 1 saturated carbocycles. The van der Waals surface area contributed by atoms with Crippen LogP contribution in [0.25, 0.3) is 0 Å². The summed E-state index contributed by atoms with van der Waals surface area (Å²) in [5.74, 6) is 3.86. The monoisotopic (exact) mass is 366 g/mol. The lowest BCUT2D eigenvalue weighted by Crippen LogP contribution is -2.32. The third-order valence-electron chi connectivity index (χ3n) is 6.78. The molecular formula is C24H34N2O. The van der Waals surface area contributed by atoms with Crippen LogP contribution in [0.15, 0.2) is 40.9 Å². The molecule has 146 valence electrons. The lowest BCUT2D eigenvalue weighted by atomic mass is 9.77. The van der Waals surface area contributed by atoms with Gasteiger partial charge >= 0.3 is 0 Å². The minimum Gasteiger partial charge on any atom is -0.444 e. The SMILES string of the molecule is CCC1CCN(Cc2cnc(C(c3ccccc3)C3CCCCC3)o2)CC1. The van der Waals surface area contributed by atoms with Crippen molar-refractivity contribution in [2.45, 2.75) is 70.8 Å². The Kier molecular flexibility index (Phi) is 6.28. The molecule has 2 heterocycles. The van der Waals surface area contributed by atoms with Crippen LogP contribution < -0.4 is 0 Å². The predicted octanol–water partition coefficient (Wildman–Crippen LogP) is 6.01. The molecule has 0 bridgehead atoms. The summed E-state index contributed by atoms with van der Waals surface area (Å²) < 4.78 is 6.36. The van der Waals surface area contributed by atoms with Crippen LogP contribution in [0, 0.1) is 11.8 Å². The van der Waals surface area contributed by atoms with Crippen LogP contribution in [-0.4, -0.2) is 23.0 Å². The molecule has 3 heteroatoms. The standard InChI is InChI=1S/C24H34N2O/c1-2-19-13-15-26(16-14-19)18-22-17-25-24(27-22)23(20-9-5-3-6-10-20)21-11-7-4-8-12-21/h3,5-6,9-10,17,19,21,23H,2,4,7-8,11-16,18H2,1H3. The second-order valence-electron chi connectivity index (χ2n) is 8.58. The fraction of sp³-hybridized carbons (Fsp3) is 0.625. The van der Waals surface area contributed by atoms with Crippen molar-refractivity contribution in [1.29, 1.82) is 0 Å². The number of hydrogen-bond acceptors (Lipinski definition) is 3. The normalized spacial score (nSPS) is 21.4. The first kappa shape index (κ1) is 18.7. The van der Waals surface area contributed by atoms with Crippen LogP contribution in [0.5, 0.6) is 0 Å². The molecule has 0 radical (unpaired) electrons. The lowest BCUT2D eigenvalue weighted by molar-refractivity contribution is 0.162. The van der Waals surface area contributed by atoms with Crippen molar-refractivity contribution < 1.29 is 4.42 Å². The Labute approximate surface area is 164 Å². The molecule has 0 spiro atoms. The molecule has 2 aliphatic rings. The molecule has 1 unspecified atom stereocenters. The first-order chi connectivity index (χ1) is 13.3. The van der Waals surface area contributed by atoms with Crippen molar-refractivity contribution in [3.63, 3.8) is 0 Å². The maximum absolute atomic E-state index is 6.36. The van der Waals surface area contributed by atoms with E-state index in [-0.39, 0.29) is 0 Å². The Morgan fingerprint density at radius 2 is 1.78 bits per heavy atom. The van der Waals surface area contributed by atoms with Gasteiger partial charge in [0.2, 0.25) is 5.89 Å². The van der Waals surface area contributed by atoms with Gasteiger partial charge in [0.1, 0.15) is 5.76 Å². The highest BCUT2D eigenvalue weighted by Gasteiger charge is 2.30. The third-order valence-corrected chi connectivity index (χ3v) is 6.78. The highest BCUT2D eigenvalue weighted by atomic mass is 16.4. The first-order valence-electron chi connectivity index (χ1n) is 11.1. The molecular weight excluding hydrogens is 332 g/mol. The number of nitrogens with zero attached hydrogens (tertiary/aromatic N) is 2. The topological polar surface area (TPSA) is 29.3 Å². The molecule has 3 nitrogen and oxygen atoms in total. The van der Waals surface area contributed by atoms with E-state index in [9.17, 15) is 0 Å². The van der Waals surface area contributed by atoms with Crippen LogP contribution in [0.2, 0.25) is 0 Å². The number of benzene rings is 1. The van der Waals surface area contributed by atoms with E-state index in [1.165, 1.54) is 70.0 Å². The van der Waals surface area contributed by atoms with E-state index in [1.807, 2.05) is 6.20 Å². The molecule has 2 aromatic rings. The van der Waals surface area contributed by atoms with E-state index in [0.29, 0.717) is 11.8 Å². The smallest absolute Gasteiger partial charge is 0.202 e. The lowest BCUT2D eigenvalue weighted by Gasteiger charge is -2.30. The van der Waals surface area contributed by atoms with Gasteiger partial charge in [-0.1, -0.05) is 62.9 Å². The zero-order valence-electron chi connectivity index (χ0n) is 16.8. The van der Waals surface area contributed by atoms with E-state index in [4.69, 9.17) is 9.40 Å². The third kappa shape index (κ3) is 4.63. The van der Waals surface area contributed by atoms with E-state index < -0.39 is 0 Å². The summed E-state index contributed by atoms with van der Waals surface area (Å²) in [5.41, 5.74) is 1.36. The van der Waals surface area contributed by atoms with Crippen molar-refractivity contribution in [2.24, 2.45) is 11.8 Å². The summed E-state index contributed by atoms with van der Waals surface area (Å²) >= 11 is 0. The molecule has 1 aliphatic heterocycles. The average molecular weight is 367 g/mol. The Balaban J connectivity index is 1.48. The summed E-state index contributed by atoms with van der Waals surface area (Å²) in [6, 6.07) is 10.9. The van der Waals surface area contributed by atoms with Crippen LogP contribution in [0.1, 0.15) is 81.4 Å². The fourth-order valence-electron chi connectivity index (χ4n) is 5.06. The molecule has 1 saturated heterocycles. The van der Waals surface area contributed by atoms with Gasteiger partial charge < -0.3 is 4.42 Å². The number of piperidine rings is 1. The first-order valence-corrected chi connectivity index (χ1v) is 11.1. The Hall–Kier alpha value is -1.61. The van der Waals surface area contributed by atoms with Crippen molar-refractivity contribution >= 4 is 0 Å². The van der Waals surface area contributed by atoms with Crippen LogP contribution in [0.3, 0.4) is 0 Å². The largest absolute Gasteiger partial charge is 0.444 e. The quantitative estimate of drug-likeness (QED) is 0.627. The van der Waals surface area contributed by atoms with Gasteiger partial charge in [-0.3, -0.25) is 4.90 Å². The number of aromatic nitrogens is 1. The van der Waals surface area contributed by atoms with Crippen LogP contribution >= 0.6 is 0 Å². The zero-order chi connectivity index (χ0) is 18.5. The van der Waals surface area contributed by atoms with E-state index >= 15 is 0 Å². The number of likely N-dealkylation sites (tertiary alicyclic amines) is 1. The second-order valence-corrected chi connectivity index (χ2v) is 8.58. The maximum Gasteiger partial charge on any atom is 0.202 e. The summed E-state index contributed by atoms with van der Waals surface area (Å²) in [6.45, 7) is 5.62. The molecule has 1 atom stereocenters. The maximum atomic E-state index is 6.36. The average Bonchev–Trinajstić information content (AvgIpc) is 3.18. The van der Waals surface area contributed by atoms with Gasteiger partial charge in [0, 0.05) is 0 Å². The minimum atomic E-state index is 0.311. The highest BCUT2D eigenvalue weighted by molar-refractivity contribution is 5.26. The summed E-state index contributed by atoms with van der Waals surface area (Å²) in [6.07, 6.45) is 12.6. The highest BCUT2D eigenvalue weighted by Crippen LogP contribution is 2.40. The summed E-state index contributed by atoms with van der Waals surface area (Å²) in [5, 5.41) is 0. The number of rotatable bonds is 6. The molecule has 0 amide bonds. The van der Waals surface area contributed by atoms with E-state index in [0.717, 1.165) is 24.1 Å². The molecule has 1 aromatic heterocycles. The summed E-state index contributed by atoms with van der Waals surface area (Å²) in [7, 11) is 0. The van der Waals surface area contributed by atoms with Crippen molar-refractivity contribution in [2.75, 3.05) is 13.1 Å². The number of hydrogen-bond donors (Lipinski definition) is 0. The van der Waals surface area contributed by atoms with Crippen molar-refractivity contribution in [3.05, 3.63) is 53.7 Å².